The van der Waals surface area contributed by atoms with Gasteiger partial charge >= 0.3 is 0 Å². The standard InChI is InChI=1S/C5H11N3O2/c6-7-3-1-2-5(4-7)8(9)10/h5H,1-4,6H2. The Morgan fingerprint density at radius 2 is 2.40 bits per heavy atom. The Bertz CT molecular complexity index is 139. The third-order valence-corrected chi connectivity index (χ3v) is 1.73. The summed E-state index contributed by atoms with van der Waals surface area (Å²) in [6.45, 7) is 1.18. The van der Waals surface area contributed by atoms with Crippen LogP contribution in [0.25, 0.3) is 0 Å². The summed E-state index contributed by atoms with van der Waals surface area (Å²) in [5.74, 6) is 5.39. The first-order chi connectivity index (χ1) is 4.70. The molecule has 0 aromatic heterocycles. The second kappa shape index (κ2) is 2.94. The summed E-state index contributed by atoms with van der Waals surface area (Å²) in [6, 6.07) is -0.446. The summed E-state index contributed by atoms with van der Waals surface area (Å²) < 4.78 is 0. The minimum Gasteiger partial charge on any atom is -0.269 e. The Labute approximate surface area is 58.9 Å². The Balaban J connectivity index is 2.39. The second-order valence-corrected chi connectivity index (χ2v) is 2.58. The van der Waals surface area contributed by atoms with Gasteiger partial charge in [0.05, 0.1) is 6.54 Å². The van der Waals surface area contributed by atoms with Gasteiger partial charge in [-0.3, -0.25) is 16.0 Å². The molecule has 2 N–H and O–H groups in total. The van der Waals surface area contributed by atoms with Crippen LogP contribution in [0.4, 0.5) is 0 Å². The molecule has 0 radical (unpaired) electrons. The lowest BCUT2D eigenvalue weighted by atomic mass is 10.1. The molecule has 1 aliphatic rings. The molecule has 1 saturated heterocycles. The maximum Gasteiger partial charge on any atom is 0.227 e. The normalized spacial score (nSPS) is 28.3. The van der Waals surface area contributed by atoms with Crippen LogP contribution in [0.15, 0.2) is 0 Å². The fourth-order valence-electron chi connectivity index (χ4n) is 1.16. The molecule has 1 aliphatic heterocycles. The maximum absolute atomic E-state index is 10.2. The molecular weight excluding hydrogens is 134 g/mol. The molecule has 5 heteroatoms. The van der Waals surface area contributed by atoms with Gasteiger partial charge in [-0.05, 0) is 6.42 Å². The zero-order chi connectivity index (χ0) is 7.56. The molecule has 0 spiro atoms. The van der Waals surface area contributed by atoms with Crippen LogP contribution in [0.1, 0.15) is 12.8 Å². The van der Waals surface area contributed by atoms with Crippen molar-refractivity contribution in [1.82, 2.24) is 5.01 Å². The van der Waals surface area contributed by atoms with E-state index in [9.17, 15) is 10.1 Å². The highest BCUT2D eigenvalue weighted by atomic mass is 16.6. The molecule has 1 rings (SSSR count). The van der Waals surface area contributed by atoms with E-state index < -0.39 is 6.04 Å². The van der Waals surface area contributed by atoms with Gasteiger partial charge in [0, 0.05) is 17.9 Å². The van der Waals surface area contributed by atoms with E-state index in [2.05, 4.69) is 0 Å². The first-order valence-electron chi connectivity index (χ1n) is 3.33. The monoisotopic (exact) mass is 145 g/mol. The van der Waals surface area contributed by atoms with Gasteiger partial charge in [0.1, 0.15) is 0 Å². The zero-order valence-electron chi connectivity index (χ0n) is 5.69. The van der Waals surface area contributed by atoms with E-state index in [4.69, 9.17) is 5.84 Å². The SMILES string of the molecule is NN1CCCC([N+](=O)[O-])C1. The van der Waals surface area contributed by atoms with Crippen LogP contribution in [-0.4, -0.2) is 29.1 Å². The number of piperidine rings is 1. The molecule has 58 valence electrons. The van der Waals surface area contributed by atoms with E-state index in [-0.39, 0.29) is 4.92 Å². The van der Waals surface area contributed by atoms with Crippen molar-refractivity contribution >= 4 is 0 Å². The highest BCUT2D eigenvalue weighted by molar-refractivity contribution is 4.67. The summed E-state index contributed by atoms with van der Waals surface area (Å²) in [4.78, 5) is 9.97. The number of hydrogen-bond donors (Lipinski definition) is 1. The van der Waals surface area contributed by atoms with Crippen LogP contribution in [-0.2, 0) is 0 Å². The summed E-state index contributed by atoms with van der Waals surface area (Å²) >= 11 is 0. The van der Waals surface area contributed by atoms with E-state index in [0.717, 1.165) is 13.0 Å². The Hall–Kier alpha value is -0.680. The molecule has 10 heavy (non-hydrogen) atoms. The molecule has 0 amide bonds. The van der Waals surface area contributed by atoms with Crippen molar-refractivity contribution in [3.05, 3.63) is 10.1 Å². The average molecular weight is 145 g/mol. The number of rotatable bonds is 1. The van der Waals surface area contributed by atoms with Gasteiger partial charge < -0.3 is 0 Å². The summed E-state index contributed by atoms with van der Waals surface area (Å²) in [6.07, 6.45) is 1.50. The van der Waals surface area contributed by atoms with Gasteiger partial charge in [-0.15, -0.1) is 0 Å². The number of hydrogen-bond acceptors (Lipinski definition) is 4. The maximum atomic E-state index is 10.2. The molecule has 1 unspecified atom stereocenters. The number of hydrazine groups is 1. The van der Waals surface area contributed by atoms with Gasteiger partial charge in [0.2, 0.25) is 6.04 Å². The van der Waals surface area contributed by atoms with Crippen molar-refractivity contribution in [1.29, 1.82) is 0 Å². The number of nitrogens with zero attached hydrogens (tertiary/aromatic N) is 2. The molecule has 0 bridgehead atoms. The second-order valence-electron chi connectivity index (χ2n) is 2.58. The number of nitrogens with two attached hydrogens (primary N) is 1. The smallest absolute Gasteiger partial charge is 0.227 e. The highest BCUT2D eigenvalue weighted by Gasteiger charge is 2.25. The van der Waals surface area contributed by atoms with Crippen LogP contribution in [0.3, 0.4) is 0 Å². The van der Waals surface area contributed by atoms with Gasteiger partial charge in [0.15, 0.2) is 0 Å². The van der Waals surface area contributed by atoms with Crippen LogP contribution >= 0.6 is 0 Å². The Morgan fingerprint density at radius 3 is 2.80 bits per heavy atom. The molecule has 0 saturated carbocycles. The van der Waals surface area contributed by atoms with Gasteiger partial charge in [-0.1, -0.05) is 0 Å². The first-order valence-corrected chi connectivity index (χ1v) is 3.33. The highest BCUT2D eigenvalue weighted by Crippen LogP contribution is 2.08. The molecule has 1 fully saturated rings. The van der Waals surface area contributed by atoms with Crippen molar-refractivity contribution in [3.63, 3.8) is 0 Å². The van der Waals surface area contributed by atoms with Crippen molar-refractivity contribution in [3.8, 4) is 0 Å². The fraction of sp³-hybridized carbons (Fsp3) is 1.00. The number of nitro groups is 1. The minimum absolute atomic E-state index is 0.251. The summed E-state index contributed by atoms with van der Waals surface area (Å²) in [5.41, 5.74) is 0. The van der Waals surface area contributed by atoms with Gasteiger partial charge in [-0.25, -0.2) is 5.01 Å². The summed E-state index contributed by atoms with van der Waals surface area (Å²) in [5, 5.41) is 11.7. The molecule has 5 nitrogen and oxygen atoms in total. The van der Waals surface area contributed by atoms with E-state index in [1.807, 2.05) is 0 Å². The summed E-state index contributed by atoms with van der Waals surface area (Å²) in [7, 11) is 0. The first kappa shape index (κ1) is 7.43. The lowest BCUT2D eigenvalue weighted by Gasteiger charge is -2.23. The Morgan fingerprint density at radius 1 is 1.70 bits per heavy atom. The fourth-order valence-corrected chi connectivity index (χ4v) is 1.16. The van der Waals surface area contributed by atoms with Crippen LogP contribution in [0.5, 0.6) is 0 Å². The van der Waals surface area contributed by atoms with Gasteiger partial charge in [0.25, 0.3) is 0 Å². The average Bonchev–Trinajstić information content (AvgIpc) is 1.88. The zero-order valence-corrected chi connectivity index (χ0v) is 5.69. The van der Waals surface area contributed by atoms with Gasteiger partial charge in [-0.2, -0.15) is 0 Å². The molecule has 1 heterocycles. The Kier molecular flexibility index (Phi) is 2.18. The molecule has 1 atom stereocenters. The predicted molar refractivity (Wildman–Crippen MR) is 35.8 cm³/mol. The van der Waals surface area contributed by atoms with Crippen molar-refractivity contribution < 1.29 is 4.92 Å². The van der Waals surface area contributed by atoms with E-state index in [1.54, 1.807) is 0 Å². The van der Waals surface area contributed by atoms with Crippen LogP contribution in [0, 0.1) is 10.1 Å². The quantitative estimate of drug-likeness (QED) is 0.309. The largest absolute Gasteiger partial charge is 0.269 e. The molecule has 0 aromatic carbocycles. The van der Waals surface area contributed by atoms with E-state index in [1.165, 1.54) is 5.01 Å². The third-order valence-electron chi connectivity index (χ3n) is 1.73. The molecule has 0 aliphatic carbocycles. The van der Waals surface area contributed by atoms with Crippen LogP contribution < -0.4 is 5.84 Å². The predicted octanol–water partition coefficient (Wildman–Crippen LogP) is -0.399. The third kappa shape index (κ3) is 1.65. The van der Waals surface area contributed by atoms with Crippen molar-refractivity contribution in [2.75, 3.05) is 13.1 Å². The van der Waals surface area contributed by atoms with E-state index in [0.29, 0.717) is 13.0 Å². The molecular formula is C5H11N3O2. The lowest BCUT2D eigenvalue weighted by Crippen LogP contribution is -2.45. The van der Waals surface area contributed by atoms with Crippen molar-refractivity contribution in [2.24, 2.45) is 5.84 Å². The molecule has 0 aromatic rings. The topological polar surface area (TPSA) is 72.4 Å². The lowest BCUT2D eigenvalue weighted by molar-refractivity contribution is -0.526. The van der Waals surface area contributed by atoms with Crippen LogP contribution in [0.2, 0.25) is 0 Å². The van der Waals surface area contributed by atoms with E-state index >= 15 is 0 Å². The minimum atomic E-state index is -0.446. The van der Waals surface area contributed by atoms with Crippen molar-refractivity contribution in [2.45, 2.75) is 18.9 Å².